The highest BCUT2D eigenvalue weighted by atomic mass is 15.3. The molecule has 18 heavy (non-hydrogen) atoms. The average molecular weight is 244 g/mol. The highest BCUT2D eigenvalue weighted by Gasteiger charge is 2.29. The molecule has 0 spiro atoms. The maximum Gasteiger partial charge on any atom is 0.0638 e. The van der Waals surface area contributed by atoms with Crippen molar-refractivity contribution in [1.82, 2.24) is 14.8 Å². The Hall–Kier alpha value is -1.44. The van der Waals surface area contributed by atoms with Gasteiger partial charge in [-0.2, -0.15) is 5.26 Å². The number of hydrogen-bond acceptors (Lipinski definition) is 4. The van der Waals surface area contributed by atoms with E-state index in [4.69, 9.17) is 5.26 Å². The minimum Gasteiger partial charge on any atom is -0.297 e. The molecule has 2 heterocycles. The van der Waals surface area contributed by atoms with E-state index in [0.717, 1.165) is 25.3 Å². The molecule has 2 unspecified atom stereocenters. The van der Waals surface area contributed by atoms with Crippen molar-refractivity contribution in [3.8, 4) is 6.07 Å². The summed E-state index contributed by atoms with van der Waals surface area (Å²) in [5, 5.41) is 8.89. The zero-order valence-corrected chi connectivity index (χ0v) is 11.1. The predicted molar refractivity (Wildman–Crippen MR) is 70.8 cm³/mol. The second-order valence-electron chi connectivity index (χ2n) is 5.05. The first-order chi connectivity index (χ1) is 8.70. The molecule has 0 bridgehead atoms. The molecule has 1 aliphatic rings. The second kappa shape index (κ2) is 5.94. The number of hydrogen-bond donors (Lipinski definition) is 0. The standard InChI is InChI=1S/C14H20N4/c1-12-9-18(10-13-5-3-4-8-16-13)11-14(6-7-15)17(12)2/h3-5,8,12,14H,6,9-11H2,1-2H3. The molecule has 0 radical (unpaired) electrons. The van der Waals surface area contributed by atoms with Crippen molar-refractivity contribution in [2.24, 2.45) is 0 Å². The molecule has 4 heteroatoms. The van der Waals surface area contributed by atoms with Crippen molar-refractivity contribution in [1.29, 1.82) is 5.26 Å². The number of aromatic nitrogens is 1. The topological polar surface area (TPSA) is 43.2 Å². The highest BCUT2D eigenvalue weighted by Crippen LogP contribution is 2.17. The fourth-order valence-corrected chi connectivity index (χ4v) is 2.53. The molecule has 1 aliphatic heterocycles. The van der Waals surface area contributed by atoms with Gasteiger partial charge in [0.2, 0.25) is 0 Å². The molecule has 0 amide bonds. The van der Waals surface area contributed by atoms with Crippen LogP contribution in [0.5, 0.6) is 0 Å². The Morgan fingerprint density at radius 3 is 2.94 bits per heavy atom. The van der Waals surface area contributed by atoms with Gasteiger partial charge in [0.05, 0.1) is 18.2 Å². The Morgan fingerprint density at radius 1 is 1.44 bits per heavy atom. The molecule has 2 rings (SSSR count). The monoisotopic (exact) mass is 244 g/mol. The van der Waals surface area contributed by atoms with Crippen LogP contribution in [0.3, 0.4) is 0 Å². The molecule has 0 aliphatic carbocycles. The van der Waals surface area contributed by atoms with Crippen molar-refractivity contribution in [2.45, 2.75) is 32.0 Å². The molecule has 2 atom stereocenters. The van der Waals surface area contributed by atoms with Crippen LogP contribution >= 0.6 is 0 Å². The summed E-state index contributed by atoms with van der Waals surface area (Å²) in [7, 11) is 2.12. The largest absolute Gasteiger partial charge is 0.297 e. The molecule has 0 saturated carbocycles. The lowest BCUT2D eigenvalue weighted by atomic mass is 10.1. The van der Waals surface area contributed by atoms with Gasteiger partial charge in [-0.25, -0.2) is 0 Å². The molecule has 4 nitrogen and oxygen atoms in total. The molecule has 1 saturated heterocycles. The van der Waals surface area contributed by atoms with E-state index >= 15 is 0 Å². The third kappa shape index (κ3) is 3.06. The summed E-state index contributed by atoms with van der Waals surface area (Å²) in [5.41, 5.74) is 1.10. The van der Waals surface area contributed by atoms with Gasteiger partial charge in [0.1, 0.15) is 0 Å². The van der Waals surface area contributed by atoms with Gasteiger partial charge in [-0.15, -0.1) is 0 Å². The first kappa shape index (κ1) is 13.0. The van der Waals surface area contributed by atoms with Crippen LogP contribution in [0, 0.1) is 11.3 Å². The van der Waals surface area contributed by atoms with Gasteiger partial charge in [-0.1, -0.05) is 6.07 Å². The number of nitriles is 1. The van der Waals surface area contributed by atoms with E-state index in [1.165, 1.54) is 0 Å². The molecule has 1 aromatic heterocycles. The molecule has 96 valence electrons. The quantitative estimate of drug-likeness (QED) is 0.808. The van der Waals surface area contributed by atoms with Gasteiger partial charge in [0.15, 0.2) is 0 Å². The van der Waals surface area contributed by atoms with E-state index in [1.807, 2.05) is 18.3 Å². The summed E-state index contributed by atoms with van der Waals surface area (Å²) in [6, 6.07) is 9.13. The van der Waals surface area contributed by atoms with Crippen LogP contribution < -0.4 is 0 Å². The number of likely N-dealkylation sites (N-methyl/N-ethyl adjacent to an activating group) is 1. The minimum atomic E-state index is 0.336. The lowest BCUT2D eigenvalue weighted by molar-refractivity contribution is 0.0486. The van der Waals surface area contributed by atoms with E-state index < -0.39 is 0 Å². The van der Waals surface area contributed by atoms with Crippen LogP contribution in [-0.2, 0) is 6.54 Å². The zero-order chi connectivity index (χ0) is 13.0. The SMILES string of the molecule is CC1CN(Cc2ccccn2)CC(CC#N)N1C. The van der Waals surface area contributed by atoms with Crippen LogP contribution in [0.25, 0.3) is 0 Å². The van der Waals surface area contributed by atoms with Gasteiger partial charge >= 0.3 is 0 Å². The van der Waals surface area contributed by atoms with Gasteiger partial charge in [-0.05, 0) is 26.1 Å². The van der Waals surface area contributed by atoms with Crippen molar-refractivity contribution in [3.05, 3.63) is 30.1 Å². The van der Waals surface area contributed by atoms with Crippen molar-refractivity contribution in [2.75, 3.05) is 20.1 Å². The van der Waals surface area contributed by atoms with E-state index in [-0.39, 0.29) is 0 Å². The second-order valence-corrected chi connectivity index (χ2v) is 5.05. The smallest absolute Gasteiger partial charge is 0.0638 e. The van der Waals surface area contributed by atoms with Crippen LogP contribution in [0.15, 0.2) is 24.4 Å². The summed E-state index contributed by atoms with van der Waals surface area (Å²) < 4.78 is 0. The summed E-state index contributed by atoms with van der Waals surface area (Å²) in [6.45, 7) is 5.08. The summed E-state index contributed by atoms with van der Waals surface area (Å²) in [6.07, 6.45) is 2.43. The number of piperazine rings is 1. The highest BCUT2D eigenvalue weighted by molar-refractivity contribution is 5.04. The van der Waals surface area contributed by atoms with Crippen LogP contribution in [-0.4, -0.2) is 47.0 Å². The van der Waals surface area contributed by atoms with Crippen LogP contribution in [0.4, 0.5) is 0 Å². The fourth-order valence-electron chi connectivity index (χ4n) is 2.53. The summed E-state index contributed by atoms with van der Waals surface area (Å²) in [4.78, 5) is 9.08. The lowest BCUT2D eigenvalue weighted by Gasteiger charge is -2.43. The molecule has 1 fully saturated rings. The predicted octanol–water partition coefficient (Wildman–Crippen LogP) is 1.50. The van der Waals surface area contributed by atoms with Gasteiger partial charge in [0, 0.05) is 37.9 Å². The number of pyridine rings is 1. The van der Waals surface area contributed by atoms with Crippen molar-refractivity contribution < 1.29 is 0 Å². The minimum absolute atomic E-state index is 0.336. The zero-order valence-electron chi connectivity index (χ0n) is 11.1. The third-order valence-corrected chi connectivity index (χ3v) is 3.70. The van der Waals surface area contributed by atoms with Gasteiger partial charge in [-0.3, -0.25) is 14.8 Å². The van der Waals surface area contributed by atoms with E-state index in [9.17, 15) is 0 Å². The Kier molecular flexibility index (Phi) is 4.29. The first-order valence-electron chi connectivity index (χ1n) is 6.42. The molecule has 0 aromatic carbocycles. The Morgan fingerprint density at radius 2 is 2.28 bits per heavy atom. The first-order valence-corrected chi connectivity index (χ1v) is 6.42. The van der Waals surface area contributed by atoms with E-state index in [1.54, 1.807) is 0 Å². The average Bonchev–Trinajstić information content (AvgIpc) is 2.37. The Labute approximate surface area is 109 Å². The normalized spacial score (nSPS) is 25.8. The number of rotatable bonds is 3. The molecular formula is C14H20N4. The van der Waals surface area contributed by atoms with Crippen molar-refractivity contribution in [3.63, 3.8) is 0 Å². The van der Waals surface area contributed by atoms with Gasteiger partial charge < -0.3 is 0 Å². The van der Waals surface area contributed by atoms with Crippen LogP contribution in [0.1, 0.15) is 19.0 Å². The summed E-state index contributed by atoms with van der Waals surface area (Å²) in [5.74, 6) is 0. The lowest BCUT2D eigenvalue weighted by Crippen LogP contribution is -2.55. The third-order valence-electron chi connectivity index (χ3n) is 3.70. The molecule has 0 N–H and O–H groups in total. The summed E-state index contributed by atoms with van der Waals surface area (Å²) >= 11 is 0. The maximum atomic E-state index is 8.89. The molecular weight excluding hydrogens is 224 g/mol. The Bertz CT molecular complexity index is 412. The van der Waals surface area contributed by atoms with Crippen molar-refractivity contribution >= 4 is 0 Å². The van der Waals surface area contributed by atoms with E-state index in [2.05, 4.69) is 40.9 Å². The van der Waals surface area contributed by atoms with E-state index in [0.29, 0.717) is 18.5 Å². The molecule has 1 aromatic rings. The fraction of sp³-hybridized carbons (Fsp3) is 0.571. The van der Waals surface area contributed by atoms with Gasteiger partial charge in [0.25, 0.3) is 0 Å². The maximum absolute atomic E-state index is 8.89. The van der Waals surface area contributed by atoms with Crippen LogP contribution in [0.2, 0.25) is 0 Å². The Balaban J connectivity index is 2.00. The number of nitrogens with zero attached hydrogens (tertiary/aromatic N) is 4.